The zero-order valence-corrected chi connectivity index (χ0v) is 11.7. The van der Waals surface area contributed by atoms with Crippen LogP contribution in [0, 0.1) is 5.92 Å². The van der Waals surface area contributed by atoms with Crippen molar-refractivity contribution in [2.45, 2.75) is 46.6 Å². The third-order valence-corrected chi connectivity index (χ3v) is 2.03. The maximum absolute atomic E-state index is 11.5. The summed E-state index contributed by atoms with van der Waals surface area (Å²) in [7, 11) is 0. The Hall–Kier alpha value is -1.65. The van der Waals surface area contributed by atoms with E-state index in [1.54, 1.807) is 6.07 Å². The molecule has 18 heavy (non-hydrogen) atoms. The normalized spacial score (nSPS) is 11.4. The van der Waals surface area contributed by atoms with Crippen LogP contribution in [-0.2, 0) is 4.79 Å². The molecule has 100 valence electrons. The zero-order valence-electron chi connectivity index (χ0n) is 11.7. The maximum atomic E-state index is 11.5. The Morgan fingerprint density at radius 1 is 1.22 bits per heavy atom. The van der Waals surface area contributed by atoms with E-state index in [2.05, 4.69) is 20.8 Å². The maximum Gasteiger partial charge on any atom is 0.225 e. The lowest BCUT2D eigenvalue weighted by Gasteiger charge is -2.20. The summed E-state index contributed by atoms with van der Waals surface area (Å²) in [6.07, 6.45) is 0.490. The van der Waals surface area contributed by atoms with Gasteiger partial charge in [0.05, 0.1) is 0 Å². The van der Waals surface area contributed by atoms with Crippen molar-refractivity contribution in [1.82, 2.24) is 10.2 Å². The quantitative estimate of drug-likeness (QED) is 0.862. The predicted octanol–water partition coefficient (Wildman–Crippen LogP) is 2.67. The Morgan fingerprint density at radius 3 is 2.22 bits per heavy atom. The Kier molecular flexibility index (Phi) is 4.64. The first-order valence-electron chi connectivity index (χ1n) is 6.18. The van der Waals surface area contributed by atoms with Gasteiger partial charge in [-0.1, -0.05) is 13.8 Å². The van der Waals surface area contributed by atoms with Crippen LogP contribution < -0.4 is 10.6 Å². The van der Waals surface area contributed by atoms with Gasteiger partial charge in [0.2, 0.25) is 5.91 Å². The summed E-state index contributed by atoms with van der Waals surface area (Å²) < 4.78 is 0. The number of carbonyl (C=O) groups is 1. The second kappa shape index (κ2) is 5.80. The van der Waals surface area contributed by atoms with Gasteiger partial charge >= 0.3 is 0 Å². The molecule has 0 aromatic carbocycles. The average molecular weight is 250 g/mol. The third-order valence-electron chi connectivity index (χ3n) is 2.03. The molecule has 1 rings (SSSR count). The highest BCUT2D eigenvalue weighted by atomic mass is 16.1. The summed E-state index contributed by atoms with van der Waals surface area (Å²) in [6.45, 7) is 10.1. The Bertz CT molecular complexity index is 392. The van der Waals surface area contributed by atoms with Crippen molar-refractivity contribution in [1.29, 1.82) is 0 Å². The molecule has 0 saturated carbocycles. The molecular formula is C13H22N4O. The summed E-state index contributed by atoms with van der Waals surface area (Å²) in [6, 6.07) is 3.56. The Morgan fingerprint density at radius 2 is 1.78 bits per heavy atom. The minimum Gasteiger partial charge on any atom is -0.364 e. The van der Waals surface area contributed by atoms with Crippen LogP contribution in [0.3, 0.4) is 0 Å². The topological polar surface area (TPSA) is 66.9 Å². The number of hydrogen-bond donors (Lipinski definition) is 2. The number of nitrogens with zero attached hydrogens (tertiary/aromatic N) is 2. The van der Waals surface area contributed by atoms with Gasteiger partial charge in [0.15, 0.2) is 5.82 Å². The standard InChI is InChI=1S/C13H22N4O/c1-9(2)8-12(18)14-10-6-7-11(17-16-10)15-13(3,4)5/h6-7,9H,8H2,1-5H3,(H,15,17)(H,14,16,18). The van der Waals surface area contributed by atoms with Crippen LogP contribution in [0.2, 0.25) is 0 Å². The molecule has 1 aromatic heterocycles. The van der Waals surface area contributed by atoms with Crippen LogP contribution >= 0.6 is 0 Å². The summed E-state index contributed by atoms with van der Waals surface area (Å²) in [5, 5.41) is 13.9. The SMILES string of the molecule is CC(C)CC(=O)Nc1ccc(NC(C)(C)C)nn1. The molecule has 0 aliphatic carbocycles. The first-order chi connectivity index (χ1) is 8.26. The van der Waals surface area contributed by atoms with Crippen LogP contribution in [0.1, 0.15) is 41.0 Å². The van der Waals surface area contributed by atoms with Crippen LogP contribution in [0.15, 0.2) is 12.1 Å². The van der Waals surface area contributed by atoms with Crippen molar-refractivity contribution in [3.05, 3.63) is 12.1 Å². The Balaban J connectivity index is 2.58. The summed E-state index contributed by atoms with van der Waals surface area (Å²) in [5.74, 6) is 1.49. The van der Waals surface area contributed by atoms with Crippen molar-refractivity contribution < 1.29 is 4.79 Å². The van der Waals surface area contributed by atoms with Crippen molar-refractivity contribution in [2.75, 3.05) is 10.6 Å². The van der Waals surface area contributed by atoms with E-state index in [-0.39, 0.29) is 11.4 Å². The van der Waals surface area contributed by atoms with Gasteiger partial charge in [-0.2, -0.15) is 0 Å². The van der Waals surface area contributed by atoms with Crippen LogP contribution in [0.25, 0.3) is 0 Å². The lowest BCUT2D eigenvalue weighted by Crippen LogP contribution is -2.26. The molecule has 0 radical (unpaired) electrons. The predicted molar refractivity (Wildman–Crippen MR) is 73.5 cm³/mol. The lowest BCUT2D eigenvalue weighted by atomic mass is 10.1. The van der Waals surface area contributed by atoms with Crippen LogP contribution in [-0.4, -0.2) is 21.6 Å². The van der Waals surface area contributed by atoms with E-state index in [1.165, 1.54) is 0 Å². The zero-order chi connectivity index (χ0) is 13.8. The van der Waals surface area contributed by atoms with Gasteiger partial charge in [0, 0.05) is 12.0 Å². The van der Waals surface area contributed by atoms with Crippen molar-refractivity contribution in [3.63, 3.8) is 0 Å². The fraction of sp³-hybridized carbons (Fsp3) is 0.615. The van der Waals surface area contributed by atoms with Crippen molar-refractivity contribution in [3.8, 4) is 0 Å². The number of rotatable bonds is 4. The third kappa shape index (κ3) is 5.61. The molecule has 0 aliphatic heterocycles. The fourth-order valence-corrected chi connectivity index (χ4v) is 1.41. The van der Waals surface area contributed by atoms with Crippen LogP contribution in [0.4, 0.5) is 11.6 Å². The second-order valence-corrected chi connectivity index (χ2v) is 5.82. The molecule has 0 fully saturated rings. The van der Waals surface area contributed by atoms with E-state index in [1.807, 2.05) is 40.7 Å². The molecular weight excluding hydrogens is 228 g/mol. The van der Waals surface area contributed by atoms with Gasteiger partial charge in [-0.05, 0) is 38.8 Å². The highest BCUT2D eigenvalue weighted by Gasteiger charge is 2.11. The smallest absolute Gasteiger partial charge is 0.225 e. The molecule has 0 bridgehead atoms. The van der Waals surface area contributed by atoms with E-state index in [0.29, 0.717) is 24.0 Å². The molecule has 2 N–H and O–H groups in total. The molecule has 5 heteroatoms. The highest BCUT2D eigenvalue weighted by Crippen LogP contribution is 2.12. The number of anilines is 2. The number of nitrogens with one attached hydrogen (secondary N) is 2. The number of aromatic nitrogens is 2. The number of amides is 1. The van der Waals surface area contributed by atoms with Crippen molar-refractivity contribution >= 4 is 17.5 Å². The largest absolute Gasteiger partial charge is 0.364 e. The average Bonchev–Trinajstić information content (AvgIpc) is 2.17. The van der Waals surface area contributed by atoms with Gasteiger partial charge in [-0.25, -0.2) is 0 Å². The fourth-order valence-electron chi connectivity index (χ4n) is 1.41. The van der Waals surface area contributed by atoms with E-state index in [9.17, 15) is 4.79 Å². The summed E-state index contributed by atoms with van der Waals surface area (Å²) in [5.41, 5.74) is -0.0584. The van der Waals surface area contributed by atoms with Crippen LogP contribution in [0.5, 0.6) is 0 Å². The molecule has 1 aromatic rings. The Labute approximate surface area is 108 Å². The van der Waals surface area contributed by atoms with Gasteiger partial charge < -0.3 is 10.6 Å². The molecule has 1 amide bonds. The molecule has 0 spiro atoms. The minimum absolute atomic E-state index is 0.0316. The molecule has 1 heterocycles. The van der Waals surface area contributed by atoms with E-state index in [0.717, 1.165) is 0 Å². The van der Waals surface area contributed by atoms with E-state index < -0.39 is 0 Å². The molecule has 0 unspecified atom stereocenters. The first-order valence-corrected chi connectivity index (χ1v) is 6.18. The minimum atomic E-state index is -0.0584. The summed E-state index contributed by atoms with van der Waals surface area (Å²) in [4.78, 5) is 11.5. The summed E-state index contributed by atoms with van der Waals surface area (Å²) >= 11 is 0. The monoisotopic (exact) mass is 250 g/mol. The van der Waals surface area contributed by atoms with Crippen molar-refractivity contribution in [2.24, 2.45) is 5.92 Å². The van der Waals surface area contributed by atoms with Gasteiger partial charge in [0.25, 0.3) is 0 Å². The van der Waals surface area contributed by atoms with E-state index in [4.69, 9.17) is 0 Å². The van der Waals surface area contributed by atoms with Gasteiger partial charge in [-0.3, -0.25) is 4.79 Å². The number of hydrogen-bond acceptors (Lipinski definition) is 4. The second-order valence-electron chi connectivity index (χ2n) is 5.82. The first kappa shape index (κ1) is 14.4. The molecule has 0 aliphatic rings. The highest BCUT2D eigenvalue weighted by molar-refractivity contribution is 5.89. The molecule has 0 saturated heterocycles. The van der Waals surface area contributed by atoms with Gasteiger partial charge in [-0.15, -0.1) is 10.2 Å². The molecule has 0 atom stereocenters. The lowest BCUT2D eigenvalue weighted by molar-refractivity contribution is -0.116. The van der Waals surface area contributed by atoms with Gasteiger partial charge in [0.1, 0.15) is 5.82 Å². The number of carbonyl (C=O) groups excluding carboxylic acids is 1. The molecule has 5 nitrogen and oxygen atoms in total. The van der Waals surface area contributed by atoms with E-state index >= 15 is 0 Å².